The van der Waals surface area contributed by atoms with Crippen molar-refractivity contribution in [2.75, 3.05) is 0 Å². The summed E-state index contributed by atoms with van der Waals surface area (Å²) in [6, 6.07) is 6.47. The average Bonchev–Trinajstić information content (AvgIpc) is 2.75. The van der Waals surface area contributed by atoms with E-state index in [0.717, 1.165) is 15.1 Å². The lowest BCUT2D eigenvalue weighted by Gasteiger charge is -2.08. The van der Waals surface area contributed by atoms with Crippen molar-refractivity contribution in [3.63, 3.8) is 0 Å². The van der Waals surface area contributed by atoms with E-state index in [1.165, 1.54) is 22.3 Å². The fourth-order valence-electron chi connectivity index (χ4n) is 2.30. The molecule has 100 valence electrons. The molecule has 0 bridgehead atoms. The minimum Gasteiger partial charge on any atom is -0.266 e. The van der Waals surface area contributed by atoms with Crippen LogP contribution in [0.1, 0.15) is 60.3 Å². The molecule has 0 fully saturated rings. The van der Waals surface area contributed by atoms with Gasteiger partial charge in [-0.05, 0) is 47.2 Å². The van der Waals surface area contributed by atoms with Crippen LogP contribution >= 0.6 is 11.3 Å². The number of hydrogen-bond acceptors (Lipinski definition) is 2. The Morgan fingerprint density at radius 3 is 2.42 bits per heavy atom. The van der Waals surface area contributed by atoms with E-state index in [1.807, 2.05) is 0 Å². The Bertz CT molecular complexity index is 637. The highest BCUT2D eigenvalue weighted by Gasteiger charge is 2.20. The van der Waals surface area contributed by atoms with E-state index in [4.69, 9.17) is 0 Å². The van der Waals surface area contributed by atoms with Gasteiger partial charge in [-0.2, -0.15) is 0 Å². The molecule has 19 heavy (non-hydrogen) atoms. The lowest BCUT2D eigenvalue weighted by Crippen LogP contribution is -1.98. The Hall–Kier alpha value is -1.48. The molecule has 1 amide bonds. The van der Waals surface area contributed by atoms with E-state index in [2.05, 4.69) is 57.6 Å². The minimum atomic E-state index is -0.212. The number of hydrogen-bond donors (Lipinski definition) is 0. The van der Waals surface area contributed by atoms with Crippen molar-refractivity contribution in [3.05, 3.63) is 34.2 Å². The number of carbonyl (C=O) groups is 1. The number of carbonyl (C=O) groups excluding carboxylic acids is 1. The monoisotopic (exact) mass is 273 g/mol. The van der Waals surface area contributed by atoms with E-state index in [1.54, 1.807) is 0 Å². The van der Waals surface area contributed by atoms with Gasteiger partial charge in [0.2, 0.25) is 0 Å². The second-order valence-electron chi connectivity index (χ2n) is 5.37. The first-order valence-electron chi connectivity index (χ1n) is 6.53. The first-order chi connectivity index (χ1) is 8.95. The molecule has 0 radical (unpaired) electrons. The summed E-state index contributed by atoms with van der Waals surface area (Å²) in [5.74, 6) is 0.578. The van der Waals surface area contributed by atoms with Gasteiger partial charge in [-0.1, -0.05) is 33.8 Å². The second-order valence-corrected chi connectivity index (χ2v) is 6.43. The molecule has 2 nitrogen and oxygen atoms in total. The summed E-state index contributed by atoms with van der Waals surface area (Å²) < 4.78 is 1.15. The molecule has 0 aliphatic rings. The number of fused-ring (bicyclic) bond motifs is 1. The zero-order valence-electron chi connectivity index (χ0n) is 11.9. The molecule has 0 saturated carbocycles. The van der Waals surface area contributed by atoms with E-state index in [0.29, 0.717) is 11.8 Å². The summed E-state index contributed by atoms with van der Waals surface area (Å²) in [6.07, 6.45) is 0. The van der Waals surface area contributed by atoms with E-state index < -0.39 is 0 Å². The first kappa shape index (κ1) is 13.9. The van der Waals surface area contributed by atoms with Gasteiger partial charge in [-0.15, -0.1) is 11.3 Å². The molecule has 0 N–H and O–H groups in total. The Labute approximate surface area is 118 Å². The molecule has 0 atom stereocenters. The molecule has 2 aromatic rings. The molecule has 1 aromatic heterocycles. The van der Waals surface area contributed by atoms with Crippen LogP contribution in [0.15, 0.2) is 23.2 Å². The zero-order valence-corrected chi connectivity index (χ0v) is 12.7. The molecule has 0 unspecified atom stereocenters. The maximum atomic E-state index is 11.9. The van der Waals surface area contributed by atoms with Gasteiger partial charge >= 0.3 is 0 Å². The minimum absolute atomic E-state index is 0.212. The first-order valence-corrected chi connectivity index (χ1v) is 7.34. The van der Waals surface area contributed by atoms with Crippen molar-refractivity contribution < 1.29 is 4.79 Å². The average molecular weight is 273 g/mol. The molecule has 0 spiro atoms. The number of aliphatic imine (C=N–C) groups is 1. The molecule has 1 heterocycles. The van der Waals surface area contributed by atoms with Crippen molar-refractivity contribution >= 4 is 34.0 Å². The summed E-state index contributed by atoms with van der Waals surface area (Å²) in [6.45, 7) is 12.0. The van der Waals surface area contributed by atoms with Crippen LogP contribution in [-0.2, 0) is 0 Å². The van der Waals surface area contributed by atoms with Crippen molar-refractivity contribution in [3.8, 4) is 0 Å². The highest BCUT2D eigenvalue weighted by molar-refractivity contribution is 7.21. The van der Waals surface area contributed by atoms with Gasteiger partial charge in [0.05, 0.1) is 4.88 Å². The predicted molar refractivity (Wildman–Crippen MR) is 83.9 cm³/mol. The molecule has 0 aliphatic carbocycles. The summed E-state index contributed by atoms with van der Waals surface area (Å²) in [7, 11) is 0. The highest BCUT2D eigenvalue weighted by Crippen LogP contribution is 2.38. The quantitative estimate of drug-likeness (QED) is 0.724. The third-order valence-corrected chi connectivity index (χ3v) is 4.51. The summed E-state index contributed by atoms with van der Waals surface area (Å²) in [5, 5.41) is 1.19. The number of nitrogens with zero attached hydrogens (tertiary/aromatic N) is 1. The number of rotatable bonds is 3. The van der Waals surface area contributed by atoms with Gasteiger partial charge in [0.1, 0.15) is 0 Å². The van der Waals surface area contributed by atoms with Crippen LogP contribution in [0.2, 0.25) is 0 Å². The van der Waals surface area contributed by atoms with Gasteiger partial charge < -0.3 is 0 Å². The standard InChI is InChI=1S/C16H19NOS/c1-9(2)11-6-7-13-12(8-11)14(10(3)4)15(19-13)16(18)17-5/h6-10H,5H2,1-4H3. The van der Waals surface area contributed by atoms with Crippen molar-refractivity contribution in [1.29, 1.82) is 0 Å². The predicted octanol–water partition coefficient (Wildman–Crippen LogP) is 4.99. The lowest BCUT2D eigenvalue weighted by molar-refractivity contribution is 0.101. The molecule has 3 heteroatoms. The van der Waals surface area contributed by atoms with E-state index in [-0.39, 0.29) is 5.91 Å². The van der Waals surface area contributed by atoms with Crippen LogP contribution < -0.4 is 0 Å². The molecule has 0 aliphatic heterocycles. The lowest BCUT2D eigenvalue weighted by atomic mass is 9.95. The molecule has 1 aromatic carbocycles. The maximum Gasteiger partial charge on any atom is 0.286 e. The normalized spacial score (nSPS) is 11.5. The molecular weight excluding hydrogens is 254 g/mol. The van der Waals surface area contributed by atoms with Crippen molar-refractivity contribution in [2.24, 2.45) is 4.99 Å². The molecular formula is C16H19NOS. The smallest absolute Gasteiger partial charge is 0.266 e. The third-order valence-electron chi connectivity index (χ3n) is 3.33. The van der Waals surface area contributed by atoms with Crippen LogP contribution in [-0.4, -0.2) is 12.6 Å². The Balaban J connectivity index is 2.75. The molecule has 2 rings (SSSR count). The van der Waals surface area contributed by atoms with Gasteiger partial charge in [0.25, 0.3) is 5.91 Å². The SMILES string of the molecule is C=NC(=O)c1sc2ccc(C(C)C)cc2c1C(C)C. The second kappa shape index (κ2) is 5.25. The summed E-state index contributed by atoms with van der Waals surface area (Å²) in [5.41, 5.74) is 2.41. The van der Waals surface area contributed by atoms with Gasteiger partial charge in [-0.25, -0.2) is 4.99 Å². The van der Waals surface area contributed by atoms with E-state index in [9.17, 15) is 4.79 Å². The summed E-state index contributed by atoms with van der Waals surface area (Å²) >= 11 is 1.52. The van der Waals surface area contributed by atoms with Gasteiger partial charge in [-0.3, -0.25) is 4.79 Å². The van der Waals surface area contributed by atoms with Crippen molar-refractivity contribution in [2.45, 2.75) is 39.5 Å². The number of amides is 1. The fourth-order valence-corrected chi connectivity index (χ4v) is 3.54. The van der Waals surface area contributed by atoms with Crippen LogP contribution in [0.25, 0.3) is 10.1 Å². The third kappa shape index (κ3) is 2.47. The van der Waals surface area contributed by atoms with Crippen LogP contribution in [0.5, 0.6) is 0 Å². The zero-order chi connectivity index (χ0) is 14.2. The Kier molecular flexibility index (Phi) is 3.85. The van der Waals surface area contributed by atoms with Gasteiger partial charge in [0, 0.05) is 4.70 Å². The van der Waals surface area contributed by atoms with Gasteiger partial charge in [0.15, 0.2) is 0 Å². The number of thiophene rings is 1. The van der Waals surface area contributed by atoms with Crippen molar-refractivity contribution in [1.82, 2.24) is 0 Å². The van der Waals surface area contributed by atoms with E-state index >= 15 is 0 Å². The Morgan fingerprint density at radius 2 is 1.89 bits per heavy atom. The topological polar surface area (TPSA) is 29.4 Å². The summed E-state index contributed by atoms with van der Waals surface area (Å²) in [4.78, 5) is 16.2. The molecule has 0 saturated heterocycles. The largest absolute Gasteiger partial charge is 0.286 e. The Morgan fingerprint density at radius 1 is 1.21 bits per heavy atom. The number of benzene rings is 1. The van der Waals surface area contributed by atoms with Crippen LogP contribution in [0.4, 0.5) is 0 Å². The fraction of sp³-hybridized carbons (Fsp3) is 0.375. The van der Waals surface area contributed by atoms with Crippen LogP contribution in [0, 0.1) is 0 Å². The highest BCUT2D eigenvalue weighted by atomic mass is 32.1. The van der Waals surface area contributed by atoms with Crippen LogP contribution in [0.3, 0.4) is 0 Å². The maximum absolute atomic E-state index is 11.9.